The number of amides is 3. The Bertz CT molecular complexity index is 792. The molecule has 0 radical (unpaired) electrons. The highest BCUT2D eigenvalue weighted by molar-refractivity contribution is 6.32. The van der Waals surface area contributed by atoms with Crippen LogP contribution in [0.15, 0.2) is 42.7 Å². The molecule has 2 aromatic rings. The van der Waals surface area contributed by atoms with Gasteiger partial charge in [-0.3, -0.25) is 24.3 Å². The number of carbonyl (C=O) groups excluding carboxylic acids is 3. The number of nitrogens with zero attached hydrogens (tertiary/aromatic N) is 2. The first kappa shape index (κ1) is 15.2. The molecule has 1 aromatic heterocycles. The van der Waals surface area contributed by atoms with Crippen molar-refractivity contribution in [2.45, 2.75) is 6.54 Å². The number of halogens is 1. The lowest BCUT2D eigenvalue weighted by Gasteiger charge is -2.13. The van der Waals surface area contributed by atoms with Crippen molar-refractivity contribution in [1.82, 2.24) is 15.2 Å². The van der Waals surface area contributed by atoms with E-state index < -0.39 is 17.7 Å². The molecule has 6 nitrogen and oxygen atoms in total. The lowest BCUT2D eigenvalue weighted by Crippen LogP contribution is -2.40. The zero-order chi connectivity index (χ0) is 16.4. The maximum atomic E-state index is 12.2. The minimum Gasteiger partial charge on any atom is -0.350 e. The van der Waals surface area contributed by atoms with Gasteiger partial charge in [-0.15, -0.1) is 0 Å². The molecule has 3 rings (SSSR count). The second kappa shape index (κ2) is 6.18. The third-order valence-corrected chi connectivity index (χ3v) is 3.71. The van der Waals surface area contributed by atoms with Crippen LogP contribution in [0.3, 0.4) is 0 Å². The largest absolute Gasteiger partial charge is 0.350 e. The van der Waals surface area contributed by atoms with Gasteiger partial charge in [-0.2, -0.15) is 0 Å². The molecule has 23 heavy (non-hydrogen) atoms. The first-order valence-electron chi connectivity index (χ1n) is 6.87. The average molecular weight is 330 g/mol. The normalized spacial score (nSPS) is 13.2. The summed E-state index contributed by atoms with van der Waals surface area (Å²) in [5, 5.41) is 3.04. The van der Waals surface area contributed by atoms with Crippen LogP contribution >= 0.6 is 11.6 Å². The van der Waals surface area contributed by atoms with Crippen LogP contribution in [0.5, 0.6) is 0 Å². The number of imide groups is 1. The van der Waals surface area contributed by atoms with E-state index in [0.717, 1.165) is 10.5 Å². The molecule has 1 aliphatic heterocycles. The molecule has 1 N–H and O–H groups in total. The van der Waals surface area contributed by atoms with Gasteiger partial charge in [0.2, 0.25) is 5.91 Å². The zero-order valence-electron chi connectivity index (χ0n) is 12.0. The van der Waals surface area contributed by atoms with Crippen molar-refractivity contribution in [1.29, 1.82) is 0 Å². The molecule has 3 amide bonds. The highest BCUT2D eigenvalue weighted by atomic mass is 35.5. The molecule has 0 aliphatic carbocycles. The maximum Gasteiger partial charge on any atom is 0.262 e. The van der Waals surface area contributed by atoms with Crippen LogP contribution in [0.2, 0.25) is 5.02 Å². The van der Waals surface area contributed by atoms with Gasteiger partial charge in [0.25, 0.3) is 11.8 Å². The Morgan fingerprint density at radius 1 is 1.09 bits per heavy atom. The summed E-state index contributed by atoms with van der Waals surface area (Å²) < 4.78 is 0. The smallest absolute Gasteiger partial charge is 0.262 e. The Hall–Kier alpha value is -2.73. The van der Waals surface area contributed by atoms with E-state index in [9.17, 15) is 14.4 Å². The maximum absolute atomic E-state index is 12.2. The van der Waals surface area contributed by atoms with E-state index >= 15 is 0 Å². The molecule has 0 fully saturated rings. The van der Waals surface area contributed by atoms with Crippen LogP contribution in [0.25, 0.3) is 0 Å². The van der Waals surface area contributed by atoms with Gasteiger partial charge in [0.15, 0.2) is 0 Å². The monoisotopic (exact) mass is 329 g/mol. The summed E-state index contributed by atoms with van der Waals surface area (Å²) >= 11 is 5.84. The third-order valence-electron chi connectivity index (χ3n) is 3.47. The average Bonchev–Trinajstić information content (AvgIpc) is 2.78. The highest BCUT2D eigenvalue weighted by Gasteiger charge is 2.36. The summed E-state index contributed by atoms with van der Waals surface area (Å²) in [7, 11) is 0. The predicted molar refractivity (Wildman–Crippen MR) is 82.9 cm³/mol. The highest BCUT2D eigenvalue weighted by Crippen LogP contribution is 2.25. The van der Waals surface area contributed by atoms with Crippen LogP contribution in [0.4, 0.5) is 0 Å². The van der Waals surface area contributed by atoms with E-state index in [2.05, 4.69) is 10.3 Å². The van der Waals surface area contributed by atoms with E-state index in [-0.39, 0.29) is 17.7 Å². The number of hydrogen-bond acceptors (Lipinski definition) is 4. The topological polar surface area (TPSA) is 79.4 Å². The summed E-state index contributed by atoms with van der Waals surface area (Å²) in [5.41, 5.74) is 1.37. The molecular formula is C16H12ClN3O3. The Labute approximate surface area is 137 Å². The van der Waals surface area contributed by atoms with Crippen molar-refractivity contribution in [2.75, 3.05) is 6.54 Å². The lowest BCUT2D eigenvalue weighted by molar-refractivity contribution is -0.121. The van der Waals surface area contributed by atoms with Crippen molar-refractivity contribution < 1.29 is 14.4 Å². The van der Waals surface area contributed by atoms with Gasteiger partial charge in [-0.05, 0) is 35.9 Å². The first-order valence-corrected chi connectivity index (χ1v) is 7.25. The number of nitrogens with one attached hydrogen (secondary N) is 1. The Balaban J connectivity index is 1.66. The van der Waals surface area contributed by atoms with E-state index in [4.69, 9.17) is 11.6 Å². The SMILES string of the molecule is O=C(CN1C(=O)c2ccc(Cl)cc2C1=O)NCc1ccncc1. The molecule has 7 heteroatoms. The van der Waals surface area contributed by atoms with Crippen LogP contribution in [0.1, 0.15) is 26.3 Å². The van der Waals surface area contributed by atoms with Crippen LogP contribution < -0.4 is 5.32 Å². The summed E-state index contributed by atoms with van der Waals surface area (Å²) in [6.07, 6.45) is 3.24. The van der Waals surface area contributed by atoms with Gasteiger partial charge in [-0.25, -0.2) is 0 Å². The second-order valence-electron chi connectivity index (χ2n) is 5.02. The van der Waals surface area contributed by atoms with E-state index in [1.807, 2.05) is 0 Å². The number of carbonyl (C=O) groups is 3. The molecular weight excluding hydrogens is 318 g/mol. The number of fused-ring (bicyclic) bond motifs is 1. The Kier molecular flexibility index (Phi) is 4.08. The van der Waals surface area contributed by atoms with Gasteiger partial charge in [0, 0.05) is 24.0 Å². The summed E-state index contributed by atoms with van der Waals surface area (Å²) in [6.45, 7) is -0.0224. The minimum absolute atomic E-state index is 0.226. The van der Waals surface area contributed by atoms with Crippen LogP contribution in [-0.4, -0.2) is 34.2 Å². The molecule has 1 aromatic carbocycles. The molecule has 1 aliphatic rings. The van der Waals surface area contributed by atoms with Crippen molar-refractivity contribution in [3.8, 4) is 0 Å². The summed E-state index contributed by atoms with van der Waals surface area (Å²) in [6, 6.07) is 8.01. The van der Waals surface area contributed by atoms with Gasteiger partial charge >= 0.3 is 0 Å². The quantitative estimate of drug-likeness (QED) is 0.865. The van der Waals surface area contributed by atoms with Crippen LogP contribution in [0, 0.1) is 0 Å². The Morgan fingerprint density at radius 3 is 2.52 bits per heavy atom. The Morgan fingerprint density at radius 2 is 1.78 bits per heavy atom. The predicted octanol–water partition coefficient (Wildman–Crippen LogP) is 1.65. The van der Waals surface area contributed by atoms with Crippen molar-refractivity contribution >= 4 is 29.3 Å². The number of hydrogen-bond donors (Lipinski definition) is 1. The lowest BCUT2D eigenvalue weighted by atomic mass is 10.1. The summed E-state index contributed by atoms with van der Waals surface area (Å²) in [5.74, 6) is -1.41. The molecule has 116 valence electrons. The number of pyridine rings is 1. The van der Waals surface area contributed by atoms with Crippen molar-refractivity contribution in [2.24, 2.45) is 0 Å². The third kappa shape index (κ3) is 3.07. The van der Waals surface area contributed by atoms with Gasteiger partial charge < -0.3 is 5.32 Å². The molecule has 0 saturated carbocycles. The van der Waals surface area contributed by atoms with E-state index in [1.54, 1.807) is 30.6 Å². The van der Waals surface area contributed by atoms with E-state index in [0.29, 0.717) is 11.6 Å². The minimum atomic E-state index is -0.508. The van der Waals surface area contributed by atoms with Gasteiger partial charge in [0.05, 0.1) is 11.1 Å². The van der Waals surface area contributed by atoms with Crippen molar-refractivity contribution in [3.63, 3.8) is 0 Å². The first-order chi connectivity index (χ1) is 11.1. The molecule has 0 atom stereocenters. The molecule has 2 heterocycles. The standard InChI is InChI=1S/C16H12ClN3O3/c17-11-1-2-12-13(7-11)16(23)20(15(12)22)9-14(21)19-8-10-3-5-18-6-4-10/h1-7H,8-9H2,(H,19,21). The van der Waals surface area contributed by atoms with Crippen molar-refractivity contribution in [3.05, 3.63) is 64.4 Å². The molecule has 0 bridgehead atoms. The van der Waals surface area contributed by atoms with Gasteiger partial charge in [0.1, 0.15) is 6.54 Å². The fraction of sp³-hybridized carbons (Fsp3) is 0.125. The fourth-order valence-electron chi connectivity index (χ4n) is 2.31. The number of benzene rings is 1. The number of aromatic nitrogens is 1. The van der Waals surface area contributed by atoms with E-state index in [1.165, 1.54) is 12.1 Å². The van der Waals surface area contributed by atoms with Crippen LogP contribution in [-0.2, 0) is 11.3 Å². The fourth-order valence-corrected chi connectivity index (χ4v) is 2.48. The van der Waals surface area contributed by atoms with Gasteiger partial charge in [-0.1, -0.05) is 11.6 Å². The molecule has 0 unspecified atom stereocenters. The molecule has 0 spiro atoms. The summed E-state index contributed by atoms with van der Waals surface area (Å²) in [4.78, 5) is 41.2. The second-order valence-corrected chi connectivity index (χ2v) is 5.45. The number of rotatable bonds is 4. The zero-order valence-corrected chi connectivity index (χ0v) is 12.7. The molecule has 0 saturated heterocycles.